The van der Waals surface area contributed by atoms with E-state index in [1.165, 1.54) is 48.8 Å². The Bertz CT molecular complexity index is 870. The molecule has 1 spiro atoms. The van der Waals surface area contributed by atoms with Gasteiger partial charge in [-0.2, -0.15) is 0 Å². The minimum Gasteiger partial charge on any atom is -0.496 e. The third kappa shape index (κ3) is 1.85. The van der Waals surface area contributed by atoms with Crippen LogP contribution in [0.2, 0.25) is 0 Å². The third-order valence-corrected chi connectivity index (χ3v) is 7.56. The van der Waals surface area contributed by atoms with Crippen LogP contribution in [0.3, 0.4) is 0 Å². The Hall–Kier alpha value is -1.76. The minimum absolute atomic E-state index is 0.252. The Morgan fingerprint density at radius 1 is 0.800 bits per heavy atom. The lowest BCUT2D eigenvalue weighted by atomic mass is 9.59. The number of fused-ring (bicyclic) bond motifs is 2. The van der Waals surface area contributed by atoms with Crippen LogP contribution in [0.25, 0.3) is 0 Å². The first kappa shape index (κ1) is 15.5. The SMILES string of the molecule is COc1cc2c(cc1C)C[C@@H]1CCC[C@H]3Cc4cc(C)c(C)cc4C231. The molecule has 0 N–H and O–H groups in total. The van der Waals surface area contributed by atoms with Gasteiger partial charge in [0, 0.05) is 5.41 Å². The maximum Gasteiger partial charge on any atom is 0.122 e. The van der Waals surface area contributed by atoms with Crippen molar-refractivity contribution in [2.75, 3.05) is 7.11 Å². The van der Waals surface area contributed by atoms with Crippen LogP contribution < -0.4 is 4.74 Å². The second kappa shape index (κ2) is 5.13. The highest BCUT2D eigenvalue weighted by Gasteiger charge is 2.58. The lowest BCUT2D eigenvalue weighted by Crippen LogP contribution is -2.41. The molecule has 1 saturated carbocycles. The minimum atomic E-state index is 0.252. The Balaban J connectivity index is 1.82. The number of hydrogen-bond donors (Lipinski definition) is 0. The molecule has 5 rings (SSSR count). The standard InChI is InChI=1S/C24H28O/c1-14-8-17-11-19-6-5-7-20-12-18-9-16(3)23(25-4)13-22(18)24(19,20)21(17)10-15(14)2/h8-10,13,19-20H,5-7,11-12H2,1-4H3/t19-,20-,24?/m0/s1. The third-order valence-electron chi connectivity index (χ3n) is 7.56. The molecule has 1 fully saturated rings. The van der Waals surface area contributed by atoms with Gasteiger partial charge in [0.05, 0.1) is 7.11 Å². The zero-order chi connectivity index (χ0) is 17.3. The maximum atomic E-state index is 5.73. The summed E-state index contributed by atoms with van der Waals surface area (Å²) in [4.78, 5) is 0. The maximum absolute atomic E-state index is 5.73. The van der Waals surface area contributed by atoms with Gasteiger partial charge in [-0.25, -0.2) is 0 Å². The van der Waals surface area contributed by atoms with E-state index in [2.05, 4.69) is 45.0 Å². The molecule has 0 amide bonds. The monoisotopic (exact) mass is 332 g/mol. The molecular formula is C24H28O. The van der Waals surface area contributed by atoms with Crippen LogP contribution in [-0.2, 0) is 18.3 Å². The van der Waals surface area contributed by atoms with E-state index >= 15 is 0 Å². The first-order valence-electron chi connectivity index (χ1n) is 9.84. The van der Waals surface area contributed by atoms with E-state index in [1.54, 1.807) is 22.3 Å². The number of rotatable bonds is 1. The molecule has 1 nitrogen and oxygen atoms in total. The van der Waals surface area contributed by atoms with Crippen molar-refractivity contribution < 1.29 is 4.74 Å². The highest BCUT2D eigenvalue weighted by atomic mass is 16.5. The molecule has 0 bridgehead atoms. The largest absolute Gasteiger partial charge is 0.496 e. The van der Waals surface area contributed by atoms with Gasteiger partial charge < -0.3 is 4.74 Å². The van der Waals surface area contributed by atoms with E-state index in [4.69, 9.17) is 4.74 Å². The fourth-order valence-corrected chi connectivity index (χ4v) is 6.43. The fraction of sp³-hybridized carbons (Fsp3) is 0.500. The summed E-state index contributed by atoms with van der Waals surface area (Å²) < 4.78 is 5.73. The van der Waals surface area contributed by atoms with E-state index in [0.29, 0.717) is 0 Å². The van der Waals surface area contributed by atoms with Gasteiger partial charge in [0.1, 0.15) is 5.75 Å². The molecule has 0 heterocycles. The normalized spacial score (nSPS) is 29.0. The summed E-state index contributed by atoms with van der Waals surface area (Å²) >= 11 is 0. The van der Waals surface area contributed by atoms with Gasteiger partial charge >= 0.3 is 0 Å². The van der Waals surface area contributed by atoms with Gasteiger partial charge in [0.15, 0.2) is 0 Å². The highest BCUT2D eigenvalue weighted by Crippen LogP contribution is 2.63. The van der Waals surface area contributed by atoms with Crippen molar-refractivity contribution in [2.24, 2.45) is 11.8 Å². The smallest absolute Gasteiger partial charge is 0.122 e. The summed E-state index contributed by atoms with van der Waals surface area (Å²) in [5.41, 5.74) is 10.9. The zero-order valence-electron chi connectivity index (χ0n) is 15.9. The van der Waals surface area contributed by atoms with E-state index in [1.807, 2.05) is 7.11 Å². The average molecular weight is 332 g/mol. The zero-order valence-corrected chi connectivity index (χ0v) is 15.9. The molecule has 2 aromatic rings. The highest BCUT2D eigenvalue weighted by molar-refractivity contribution is 5.60. The van der Waals surface area contributed by atoms with Gasteiger partial charge in [-0.05, 0) is 103 Å². The van der Waals surface area contributed by atoms with Gasteiger partial charge in [0.2, 0.25) is 0 Å². The van der Waals surface area contributed by atoms with Gasteiger partial charge in [-0.3, -0.25) is 0 Å². The molecule has 0 radical (unpaired) electrons. The summed E-state index contributed by atoms with van der Waals surface area (Å²) in [6, 6.07) is 9.83. The summed E-state index contributed by atoms with van der Waals surface area (Å²) in [5, 5.41) is 0. The van der Waals surface area contributed by atoms with Gasteiger partial charge in [-0.1, -0.05) is 24.6 Å². The van der Waals surface area contributed by atoms with Crippen LogP contribution in [0, 0.1) is 32.6 Å². The fourth-order valence-electron chi connectivity index (χ4n) is 6.43. The second-order valence-electron chi connectivity index (χ2n) is 8.67. The van der Waals surface area contributed by atoms with E-state index < -0.39 is 0 Å². The van der Waals surface area contributed by atoms with Gasteiger partial charge in [-0.15, -0.1) is 0 Å². The van der Waals surface area contributed by atoms with Crippen LogP contribution >= 0.6 is 0 Å². The Kier molecular flexibility index (Phi) is 3.18. The average Bonchev–Trinajstić information content (AvgIpc) is 3.08. The number of ether oxygens (including phenoxy) is 1. The summed E-state index contributed by atoms with van der Waals surface area (Å²) in [7, 11) is 1.81. The topological polar surface area (TPSA) is 9.23 Å². The molecule has 1 unspecified atom stereocenters. The van der Waals surface area contributed by atoms with Crippen molar-refractivity contribution in [1.29, 1.82) is 0 Å². The molecule has 0 saturated heterocycles. The van der Waals surface area contributed by atoms with E-state index in [0.717, 1.165) is 17.6 Å². The Morgan fingerprint density at radius 3 is 2.00 bits per heavy atom. The van der Waals surface area contributed by atoms with Crippen molar-refractivity contribution in [3.63, 3.8) is 0 Å². The van der Waals surface area contributed by atoms with Gasteiger partial charge in [0.25, 0.3) is 0 Å². The molecule has 130 valence electrons. The summed E-state index contributed by atoms with van der Waals surface area (Å²) in [5.74, 6) is 2.61. The molecular weight excluding hydrogens is 304 g/mol. The summed E-state index contributed by atoms with van der Waals surface area (Å²) in [6.45, 7) is 6.73. The molecule has 25 heavy (non-hydrogen) atoms. The van der Waals surface area contributed by atoms with Crippen LogP contribution in [0.4, 0.5) is 0 Å². The lowest BCUT2D eigenvalue weighted by molar-refractivity contribution is 0.176. The number of aryl methyl sites for hydroxylation is 3. The van der Waals surface area contributed by atoms with Crippen LogP contribution in [-0.4, -0.2) is 7.11 Å². The van der Waals surface area contributed by atoms with Crippen LogP contribution in [0.1, 0.15) is 58.2 Å². The van der Waals surface area contributed by atoms with Crippen molar-refractivity contribution in [2.45, 2.75) is 58.3 Å². The number of hydrogen-bond acceptors (Lipinski definition) is 1. The van der Waals surface area contributed by atoms with Crippen molar-refractivity contribution >= 4 is 0 Å². The van der Waals surface area contributed by atoms with Crippen LogP contribution in [0.15, 0.2) is 24.3 Å². The first-order valence-corrected chi connectivity index (χ1v) is 9.84. The Morgan fingerprint density at radius 2 is 1.36 bits per heavy atom. The number of benzene rings is 2. The predicted molar refractivity (Wildman–Crippen MR) is 103 cm³/mol. The molecule has 0 aliphatic heterocycles. The second-order valence-corrected chi connectivity index (χ2v) is 8.67. The first-order chi connectivity index (χ1) is 12.1. The molecule has 3 atom stereocenters. The molecule has 3 aliphatic rings. The quantitative estimate of drug-likeness (QED) is 0.676. The Labute approximate surface area is 151 Å². The number of methoxy groups -OCH3 is 1. The lowest BCUT2D eigenvalue weighted by Gasteiger charge is -2.44. The molecule has 3 aliphatic carbocycles. The molecule has 2 aromatic carbocycles. The van der Waals surface area contributed by atoms with E-state index in [-0.39, 0.29) is 5.41 Å². The van der Waals surface area contributed by atoms with E-state index in [9.17, 15) is 0 Å². The van der Waals surface area contributed by atoms with Crippen molar-refractivity contribution in [1.82, 2.24) is 0 Å². The van der Waals surface area contributed by atoms with Crippen molar-refractivity contribution in [3.05, 3.63) is 63.2 Å². The molecule has 0 aromatic heterocycles. The predicted octanol–water partition coefficient (Wildman–Crippen LogP) is 5.44. The van der Waals surface area contributed by atoms with Crippen LogP contribution in [0.5, 0.6) is 5.75 Å². The van der Waals surface area contributed by atoms with Crippen molar-refractivity contribution in [3.8, 4) is 5.75 Å². The summed E-state index contributed by atoms with van der Waals surface area (Å²) in [6.07, 6.45) is 6.66. The molecule has 1 heteroatoms.